The number of alkyl halides is 2. The van der Waals surface area contributed by atoms with Crippen LogP contribution in [0.4, 0.5) is 8.78 Å². The van der Waals surface area contributed by atoms with E-state index in [0.717, 1.165) is 13.3 Å². The number of halogens is 2. The lowest BCUT2D eigenvalue weighted by atomic mass is 10.1. The summed E-state index contributed by atoms with van der Waals surface area (Å²) < 4.78 is 29.3. The van der Waals surface area contributed by atoms with Crippen molar-refractivity contribution >= 4 is 5.97 Å². The second-order valence-electron chi connectivity index (χ2n) is 2.92. The van der Waals surface area contributed by atoms with Gasteiger partial charge in [-0.15, -0.1) is 0 Å². The largest absolute Gasteiger partial charge is 0.465 e. The maximum Gasteiger partial charge on any atom is 0.343 e. The van der Waals surface area contributed by atoms with Gasteiger partial charge in [-0.05, 0) is 0 Å². The minimum Gasteiger partial charge on any atom is -0.465 e. The van der Waals surface area contributed by atoms with E-state index in [1.807, 2.05) is 0 Å². The van der Waals surface area contributed by atoms with Crippen LogP contribution in [0, 0.1) is 0 Å². The molecule has 0 saturated carbocycles. The molecule has 7 heteroatoms. The van der Waals surface area contributed by atoms with E-state index in [-0.39, 0.29) is 17.7 Å². The molecule has 5 nitrogen and oxygen atoms in total. The lowest BCUT2D eigenvalue weighted by Gasteiger charge is -2.07. The molecule has 88 valence electrons. The zero-order valence-corrected chi connectivity index (χ0v) is 8.42. The first-order chi connectivity index (χ1) is 7.52. The van der Waals surface area contributed by atoms with Gasteiger partial charge in [0.25, 0.3) is 6.43 Å². The van der Waals surface area contributed by atoms with Crippen LogP contribution in [-0.2, 0) is 11.3 Å². The molecule has 0 aliphatic carbocycles. The van der Waals surface area contributed by atoms with E-state index in [1.165, 1.54) is 0 Å². The van der Waals surface area contributed by atoms with E-state index < -0.39 is 23.5 Å². The maximum atomic E-state index is 12.5. The Labute approximate surface area is 89.2 Å². The third-order valence-electron chi connectivity index (χ3n) is 2.04. The highest BCUT2D eigenvalue weighted by molar-refractivity contribution is 5.89. The third-order valence-corrected chi connectivity index (χ3v) is 2.04. The average molecular weight is 232 g/mol. The number of hydrogen-bond acceptors (Lipinski definition) is 4. The molecule has 0 aromatic carbocycles. The fourth-order valence-corrected chi connectivity index (χ4v) is 1.25. The number of esters is 1. The van der Waals surface area contributed by atoms with E-state index in [0.29, 0.717) is 0 Å². The van der Waals surface area contributed by atoms with Crippen LogP contribution in [0.15, 0.2) is 11.0 Å². The lowest BCUT2D eigenvalue weighted by Crippen LogP contribution is -2.24. The van der Waals surface area contributed by atoms with Crippen molar-refractivity contribution in [3.05, 3.63) is 33.2 Å². The molecule has 0 radical (unpaired) electrons. The minimum atomic E-state index is -2.85. The van der Waals surface area contributed by atoms with Gasteiger partial charge in [-0.2, -0.15) is 0 Å². The minimum absolute atomic E-state index is 0.307. The number of ether oxygens (including phenoxy) is 1. The summed E-state index contributed by atoms with van der Waals surface area (Å²) in [6.07, 6.45) is -1.95. The molecule has 1 aromatic heterocycles. The summed E-state index contributed by atoms with van der Waals surface area (Å²) in [4.78, 5) is 24.9. The number of H-pyrrole nitrogens is 1. The number of aromatic amines is 1. The fourth-order valence-electron chi connectivity index (χ4n) is 1.25. The summed E-state index contributed by atoms with van der Waals surface area (Å²) in [6, 6.07) is 0. The van der Waals surface area contributed by atoms with Gasteiger partial charge in [-0.1, -0.05) is 0 Å². The molecule has 0 aliphatic rings. The Kier molecular flexibility index (Phi) is 3.73. The van der Waals surface area contributed by atoms with Crippen LogP contribution in [0.3, 0.4) is 0 Å². The first kappa shape index (κ1) is 12.3. The van der Waals surface area contributed by atoms with Gasteiger partial charge in [0.15, 0.2) is 0 Å². The Morgan fingerprint density at radius 2 is 2.25 bits per heavy atom. The van der Waals surface area contributed by atoms with Gasteiger partial charge in [0.2, 0.25) is 5.43 Å². The van der Waals surface area contributed by atoms with Crippen LogP contribution >= 0.6 is 0 Å². The molecule has 0 amide bonds. The van der Waals surface area contributed by atoms with Crippen LogP contribution < -0.4 is 11.2 Å². The Hall–Kier alpha value is -1.76. The zero-order valence-electron chi connectivity index (χ0n) is 8.42. The van der Waals surface area contributed by atoms with E-state index in [4.69, 9.17) is 5.73 Å². The molecule has 0 bridgehead atoms. The SMILES string of the molecule is COC(=O)c1c[nH]c(C(F)F)c(CN)c1=O. The standard InChI is InChI=1S/C9H10F2N2O3/c1-16-9(15)5-3-13-6(8(10)11)4(2-12)7(5)14/h3,8H,2,12H2,1H3,(H,13,14). The molecule has 0 spiro atoms. The molecule has 0 aliphatic heterocycles. The summed E-state index contributed by atoms with van der Waals surface area (Å²) >= 11 is 0. The number of carbonyl (C=O) groups excluding carboxylic acids is 1. The van der Waals surface area contributed by atoms with Gasteiger partial charge >= 0.3 is 5.97 Å². The van der Waals surface area contributed by atoms with Crippen LogP contribution in [0.2, 0.25) is 0 Å². The predicted octanol–water partition coefficient (Wildman–Crippen LogP) is 0.558. The predicted molar refractivity (Wildman–Crippen MR) is 51.3 cm³/mol. The molecule has 1 rings (SSSR count). The first-order valence-electron chi connectivity index (χ1n) is 4.33. The molecule has 0 unspecified atom stereocenters. The average Bonchev–Trinajstić information content (AvgIpc) is 2.27. The van der Waals surface area contributed by atoms with Crippen LogP contribution in [0.1, 0.15) is 28.0 Å². The van der Waals surface area contributed by atoms with Crippen molar-refractivity contribution in [3.63, 3.8) is 0 Å². The molecular formula is C9H10F2N2O3. The number of rotatable bonds is 3. The molecule has 0 saturated heterocycles. The van der Waals surface area contributed by atoms with Crippen molar-refractivity contribution in [2.45, 2.75) is 13.0 Å². The summed E-state index contributed by atoms with van der Waals surface area (Å²) in [5.41, 5.74) is 3.15. The summed E-state index contributed by atoms with van der Waals surface area (Å²) in [5.74, 6) is -0.892. The monoisotopic (exact) mass is 232 g/mol. The quantitative estimate of drug-likeness (QED) is 0.745. The Morgan fingerprint density at radius 1 is 1.62 bits per heavy atom. The highest BCUT2D eigenvalue weighted by Gasteiger charge is 2.20. The van der Waals surface area contributed by atoms with Crippen molar-refractivity contribution in [3.8, 4) is 0 Å². The van der Waals surface area contributed by atoms with E-state index in [9.17, 15) is 18.4 Å². The normalized spacial score (nSPS) is 10.6. The van der Waals surface area contributed by atoms with Crippen molar-refractivity contribution in [2.24, 2.45) is 5.73 Å². The Balaban J connectivity index is 3.41. The molecule has 1 heterocycles. The smallest absolute Gasteiger partial charge is 0.343 e. The Bertz CT molecular complexity index is 457. The lowest BCUT2D eigenvalue weighted by molar-refractivity contribution is 0.0598. The van der Waals surface area contributed by atoms with Gasteiger partial charge in [-0.25, -0.2) is 13.6 Å². The van der Waals surface area contributed by atoms with Gasteiger partial charge in [0.1, 0.15) is 5.56 Å². The highest BCUT2D eigenvalue weighted by atomic mass is 19.3. The number of hydrogen-bond donors (Lipinski definition) is 2. The summed E-state index contributed by atoms with van der Waals surface area (Å²) in [6.45, 7) is -0.375. The highest BCUT2D eigenvalue weighted by Crippen LogP contribution is 2.18. The van der Waals surface area contributed by atoms with Crippen molar-refractivity contribution in [1.29, 1.82) is 0 Å². The van der Waals surface area contributed by atoms with Gasteiger partial charge in [0, 0.05) is 18.3 Å². The van der Waals surface area contributed by atoms with Gasteiger partial charge in [-0.3, -0.25) is 4.79 Å². The van der Waals surface area contributed by atoms with Gasteiger partial charge < -0.3 is 15.5 Å². The molecule has 0 fully saturated rings. The maximum absolute atomic E-state index is 12.5. The number of aromatic nitrogens is 1. The second-order valence-corrected chi connectivity index (χ2v) is 2.92. The number of pyridine rings is 1. The molecule has 0 atom stereocenters. The molecule has 1 aromatic rings. The Morgan fingerprint density at radius 3 is 2.69 bits per heavy atom. The number of nitrogens with one attached hydrogen (secondary N) is 1. The number of nitrogens with two attached hydrogens (primary N) is 1. The third kappa shape index (κ3) is 2.08. The molecular weight excluding hydrogens is 222 g/mol. The summed E-state index contributed by atoms with van der Waals surface area (Å²) in [7, 11) is 1.09. The van der Waals surface area contributed by atoms with E-state index in [1.54, 1.807) is 0 Å². The van der Waals surface area contributed by atoms with Crippen molar-refractivity contribution in [1.82, 2.24) is 4.98 Å². The number of methoxy groups -OCH3 is 1. The van der Waals surface area contributed by atoms with E-state index in [2.05, 4.69) is 9.72 Å². The second kappa shape index (κ2) is 4.84. The molecule has 3 N–H and O–H groups in total. The first-order valence-corrected chi connectivity index (χ1v) is 4.33. The van der Waals surface area contributed by atoms with E-state index >= 15 is 0 Å². The van der Waals surface area contributed by atoms with Crippen LogP contribution in [0.5, 0.6) is 0 Å². The topological polar surface area (TPSA) is 85.2 Å². The fraction of sp³-hybridized carbons (Fsp3) is 0.333. The van der Waals surface area contributed by atoms with Crippen LogP contribution in [0.25, 0.3) is 0 Å². The summed E-state index contributed by atoms with van der Waals surface area (Å²) in [5, 5.41) is 0. The molecule has 16 heavy (non-hydrogen) atoms. The zero-order chi connectivity index (χ0) is 12.3. The van der Waals surface area contributed by atoms with Crippen molar-refractivity contribution < 1.29 is 18.3 Å². The van der Waals surface area contributed by atoms with Crippen molar-refractivity contribution in [2.75, 3.05) is 7.11 Å². The number of carbonyl (C=O) groups is 1. The van der Waals surface area contributed by atoms with Crippen LogP contribution in [-0.4, -0.2) is 18.1 Å². The van der Waals surface area contributed by atoms with Gasteiger partial charge in [0.05, 0.1) is 12.8 Å².